The molecule has 4 heteroatoms. The Bertz CT molecular complexity index is 321. The fourth-order valence-electron chi connectivity index (χ4n) is 0.897. The first kappa shape index (κ1) is 10.4. The van der Waals surface area contributed by atoms with Crippen LogP contribution in [0.2, 0.25) is 0 Å². The molecule has 0 radical (unpaired) electrons. The van der Waals surface area contributed by atoms with E-state index in [1.807, 2.05) is 0 Å². The Morgan fingerprint density at radius 3 is 2.57 bits per heavy atom. The predicted octanol–water partition coefficient (Wildman–Crippen LogP) is 1.10. The Morgan fingerprint density at radius 1 is 1.36 bits per heavy atom. The Balaban J connectivity index is 2.34. The van der Waals surface area contributed by atoms with Crippen molar-refractivity contribution in [2.24, 2.45) is 0 Å². The van der Waals surface area contributed by atoms with Crippen LogP contribution in [0.4, 0.5) is 0 Å². The highest BCUT2D eigenvalue weighted by Crippen LogP contribution is 2.00. The zero-order chi connectivity index (χ0) is 10.4. The van der Waals surface area contributed by atoms with Crippen molar-refractivity contribution in [2.45, 2.75) is 20.0 Å². The lowest BCUT2D eigenvalue weighted by molar-refractivity contribution is -0.146. The van der Waals surface area contributed by atoms with Crippen LogP contribution in [0.5, 0.6) is 0 Å². The van der Waals surface area contributed by atoms with E-state index in [1.165, 1.54) is 6.92 Å². The van der Waals surface area contributed by atoms with Gasteiger partial charge in [0.15, 0.2) is 0 Å². The van der Waals surface area contributed by atoms with Gasteiger partial charge in [-0.2, -0.15) is 0 Å². The standard InChI is InChI=1S/C10H11NO3/c1-8(12)6-10(13)14-7-9-2-4-11-5-3-9/h2-5H,6-7H2,1H3. The van der Waals surface area contributed by atoms with Gasteiger partial charge in [-0.15, -0.1) is 0 Å². The molecule has 1 aromatic rings. The minimum Gasteiger partial charge on any atom is -0.460 e. The van der Waals surface area contributed by atoms with Gasteiger partial charge in [0.05, 0.1) is 0 Å². The van der Waals surface area contributed by atoms with Crippen LogP contribution in [0, 0.1) is 0 Å². The van der Waals surface area contributed by atoms with Crippen LogP contribution in [-0.4, -0.2) is 16.7 Å². The number of ketones is 1. The number of esters is 1. The van der Waals surface area contributed by atoms with Gasteiger partial charge >= 0.3 is 5.97 Å². The van der Waals surface area contributed by atoms with Gasteiger partial charge in [0, 0.05) is 12.4 Å². The number of aromatic nitrogens is 1. The second kappa shape index (κ2) is 5.11. The van der Waals surface area contributed by atoms with E-state index in [1.54, 1.807) is 24.5 Å². The number of nitrogens with zero attached hydrogens (tertiary/aromatic N) is 1. The van der Waals surface area contributed by atoms with Gasteiger partial charge in [0.25, 0.3) is 0 Å². The third kappa shape index (κ3) is 3.80. The molecule has 4 nitrogen and oxygen atoms in total. The summed E-state index contributed by atoms with van der Waals surface area (Å²) in [7, 11) is 0. The average molecular weight is 193 g/mol. The lowest BCUT2D eigenvalue weighted by atomic mass is 10.3. The van der Waals surface area contributed by atoms with E-state index in [9.17, 15) is 9.59 Å². The van der Waals surface area contributed by atoms with Gasteiger partial charge in [-0.25, -0.2) is 0 Å². The molecular formula is C10H11NO3. The summed E-state index contributed by atoms with van der Waals surface area (Å²) in [4.78, 5) is 25.3. The molecule has 1 heterocycles. The summed E-state index contributed by atoms with van der Waals surface area (Å²) in [6, 6.07) is 3.50. The molecule has 1 rings (SSSR count). The third-order valence-corrected chi connectivity index (χ3v) is 1.54. The average Bonchev–Trinajstić information content (AvgIpc) is 2.15. The van der Waals surface area contributed by atoms with Crippen molar-refractivity contribution in [3.63, 3.8) is 0 Å². The molecular weight excluding hydrogens is 182 g/mol. The monoisotopic (exact) mass is 193 g/mol. The molecule has 14 heavy (non-hydrogen) atoms. The number of rotatable bonds is 4. The van der Waals surface area contributed by atoms with Gasteiger partial charge < -0.3 is 4.74 Å². The Labute approximate surface area is 81.9 Å². The number of carbonyl (C=O) groups is 2. The number of Topliss-reactive ketones (excluding diaryl/α,β-unsaturated/α-hetero) is 1. The van der Waals surface area contributed by atoms with Crippen molar-refractivity contribution in [1.29, 1.82) is 0 Å². The van der Waals surface area contributed by atoms with Gasteiger partial charge in [0.1, 0.15) is 18.8 Å². The highest BCUT2D eigenvalue weighted by molar-refractivity contribution is 5.94. The van der Waals surface area contributed by atoms with E-state index in [4.69, 9.17) is 4.74 Å². The summed E-state index contributed by atoms with van der Waals surface area (Å²) in [5.41, 5.74) is 0.858. The third-order valence-electron chi connectivity index (χ3n) is 1.54. The van der Waals surface area contributed by atoms with Crippen molar-refractivity contribution >= 4 is 11.8 Å². The van der Waals surface area contributed by atoms with Crippen LogP contribution in [0.1, 0.15) is 18.9 Å². The summed E-state index contributed by atoms with van der Waals surface area (Å²) in [6.45, 7) is 1.54. The lowest BCUT2D eigenvalue weighted by Crippen LogP contribution is -2.08. The number of carbonyl (C=O) groups excluding carboxylic acids is 2. The van der Waals surface area contributed by atoms with Crippen LogP contribution >= 0.6 is 0 Å². The molecule has 0 saturated heterocycles. The van der Waals surface area contributed by atoms with Gasteiger partial charge in [-0.1, -0.05) is 0 Å². The minimum atomic E-state index is -0.491. The van der Waals surface area contributed by atoms with Gasteiger partial charge in [0.2, 0.25) is 0 Å². The Morgan fingerprint density at radius 2 is 2.00 bits per heavy atom. The van der Waals surface area contributed by atoms with E-state index in [0.29, 0.717) is 0 Å². The molecule has 0 saturated carbocycles. The molecule has 0 atom stereocenters. The molecule has 0 aliphatic heterocycles. The molecule has 0 amide bonds. The van der Waals surface area contributed by atoms with Gasteiger partial charge in [-0.3, -0.25) is 14.6 Å². The molecule has 0 bridgehead atoms. The van der Waals surface area contributed by atoms with Crippen LogP contribution < -0.4 is 0 Å². The first-order chi connectivity index (χ1) is 6.68. The number of pyridine rings is 1. The summed E-state index contributed by atoms with van der Waals surface area (Å²) >= 11 is 0. The maximum atomic E-state index is 11.0. The maximum absolute atomic E-state index is 11.0. The molecule has 1 aromatic heterocycles. The van der Waals surface area contributed by atoms with E-state index in [-0.39, 0.29) is 18.8 Å². The smallest absolute Gasteiger partial charge is 0.313 e. The van der Waals surface area contributed by atoms with E-state index in [0.717, 1.165) is 5.56 Å². The highest BCUT2D eigenvalue weighted by atomic mass is 16.5. The van der Waals surface area contributed by atoms with Crippen molar-refractivity contribution in [3.05, 3.63) is 30.1 Å². The fraction of sp³-hybridized carbons (Fsp3) is 0.300. The second-order valence-corrected chi connectivity index (χ2v) is 2.89. The normalized spacial score (nSPS) is 9.50. The largest absolute Gasteiger partial charge is 0.460 e. The molecule has 0 aliphatic carbocycles. The molecule has 0 fully saturated rings. The SMILES string of the molecule is CC(=O)CC(=O)OCc1ccncc1. The van der Waals surface area contributed by atoms with E-state index >= 15 is 0 Å². The van der Waals surface area contributed by atoms with Crippen LogP contribution in [0.15, 0.2) is 24.5 Å². The first-order valence-electron chi connectivity index (χ1n) is 4.22. The molecule has 0 unspecified atom stereocenters. The molecule has 0 N–H and O–H groups in total. The molecule has 74 valence electrons. The second-order valence-electron chi connectivity index (χ2n) is 2.89. The van der Waals surface area contributed by atoms with Crippen molar-refractivity contribution in [1.82, 2.24) is 4.98 Å². The zero-order valence-electron chi connectivity index (χ0n) is 7.90. The van der Waals surface area contributed by atoms with E-state index < -0.39 is 5.97 Å². The van der Waals surface area contributed by atoms with Gasteiger partial charge in [-0.05, 0) is 24.6 Å². The Hall–Kier alpha value is -1.71. The summed E-state index contributed by atoms with van der Waals surface area (Å²) < 4.78 is 4.85. The lowest BCUT2D eigenvalue weighted by Gasteiger charge is -2.02. The summed E-state index contributed by atoms with van der Waals surface area (Å²) in [5.74, 6) is -0.681. The highest BCUT2D eigenvalue weighted by Gasteiger charge is 2.05. The number of hydrogen-bond acceptors (Lipinski definition) is 4. The van der Waals surface area contributed by atoms with Crippen LogP contribution in [0.3, 0.4) is 0 Å². The minimum absolute atomic E-state index is 0.162. The number of hydrogen-bond donors (Lipinski definition) is 0. The molecule has 0 aromatic carbocycles. The molecule has 0 aliphatic rings. The Kier molecular flexibility index (Phi) is 3.79. The zero-order valence-corrected chi connectivity index (χ0v) is 7.90. The van der Waals surface area contributed by atoms with Crippen molar-refractivity contribution < 1.29 is 14.3 Å². The van der Waals surface area contributed by atoms with Crippen LogP contribution in [0.25, 0.3) is 0 Å². The number of ether oxygens (including phenoxy) is 1. The maximum Gasteiger partial charge on any atom is 0.313 e. The van der Waals surface area contributed by atoms with Crippen molar-refractivity contribution in [3.8, 4) is 0 Å². The summed E-state index contributed by atoms with van der Waals surface area (Å²) in [6.07, 6.45) is 3.08. The quantitative estimate of drug-likeness (QED) is 0.530. The fourth-order valence-corrected chi connectivity index (χ4v) is 0.897. The first-order valence-corrected chi connectivity index (χ1v) is 4.22. The predicted molar refractivity (Wildman–Crippen MR) is 49.3 cm³/mol. The van der Waals surface area contributed by atoms with E-state index in [2.05, 4.69) is 4.98 Å². The topological polar surface area (TPSA) is 56.3 Å². The van der Waals surface area contributed by atoms with Crippen LogP contribution in [-0.2, 0) is 20.9 Å². The molecule has 0 spiro atoms. The summed E-state index contributed by atoms with van der Waals surface area (Å²) in [5, 5.41) is 0. The van der Waals surface area contributed by atoms with Crippen molar-refractivity contribution in [2.75, 3.05) is 0 Å².